The molecule has 0 aliphatic heterocycles. The van der Waals surface area contributed by atoms with Crippen LogP contribution in [0.15, 0.2) is 116 Å². The Morgan fingerprint density at radius 3 is 2.11 bits per heavy atom. The fraction of sp³-hybridized carbons (Fsp3) is 0.318. The number of fused-ring (bicyclic) bond motifs is 4. The highest BCUT2D eigenvalue weighted by Crippen LogP contribution is 2.55. The Bertz CT molecular complexity index is 1380. The van der Waals surface area contributed by atoms with Crippen LogP contribution in [0.3, 0.4) is 0 Å². The zero-order chi connectivity index (χ0) is 33.3. The second-order valence-electron chi connectivity index (χ2n) is 10.9. The molecule has 44 heavy (non-hydrogen) atoms. The minimum absolute atomic E-state index is 0.0636. The molecule has 2 aromatic rings. The summed E-state index contributed by atoms with van der Waals surface area (Å²) >= 11 is 0. The molecule has 0 saturated carbocycles. The van der Waals surface area contributed by atoms with Crippen molar-refractivity contribution in [1.82, 2.24) is 0 Å². The molecule has 0 N–H and O–H groups in total. The molecule has 0 spiro atoms. The first-order valence-electron chi connectivity index (χ1n) is 16.2. The number of terminal acetylenes is 1. The van der Waals surface area contributed by atoms with Crippen molar-refractivity contribution in [3.8, 4) is 12.8 Å². The Balaban J connectivity index is 0.00000152. The van der Waals surface area contributed by atoms with Crippen molar-refractivity contribution in [3.05, 3.63) is 144 Å². The number of hydrogen-bond donors (Lipinski definition) is 0. The molecule has 4 rings (SSSR count). The van der Waals surface area contributed by atoms with Crippen LogP contribution < -0.4 is 0 Å². The van der Waals surface area contributed by atoms with Crippen LogP contribution in [-0.2, 0) is 6.42 Å². The highest BCUT2D eigenvalue weighted by molar-refractivity contribution is 5.90. The Hall–Kier alpha value is -4.08. The quantitative estimate of drug-likeness (QED) is 0.192. The molecule has 0 amide bonds. The summed E-state index contributed by atoms with van der Waals surface area (Å²) in [6.45, 7) is 31.9. The van der Waals surface area contributed by atoms with E-state index in [1.807, 2.05) is 26.0 Å². The number of allylic oxidation sites excluding steroid dienone is 8. The molecule has 2 aliphatic carbocycles. The summed E-state index contributed by atoms with van der Waals surface area (Å²) in [5.74, 6) is 0.847. The van der Waals surface area contributed by atoms with Crippen LogP contribution in [0.2, 0.25) is 0 Å². The van der Waals surface area contributed by atoms with Crippen LogP contribution in [0.1, 0.15) is 95.0 Å². The minimum Gasteiger partial charge on any atom is -0.124 e. The highest BCUT2D eigenvalue weighted by Gasteiger charge is 2.41. The van der Waals surface area contributed by atoms with Crippen molar-refractivity contribution in [2.75, 3.05) is 0 Å². The molecular formula is C44H56. The van der Waals surface area contributed by atoms with E-state index in [9.17, 15) is 0 Å². The zero-order valence-corrected chi connectivity index (χ0v) is 28.5. The van der Waals surface area contributed by atoms with Gasteiger partial charge >= 0.3 is 0 Å². The molecule has 2 unspecified atom stereocenters. The fourth-order valence-electron chi connectivity index (χ4n) is 6.44. The molecule has 232 valence electrons. The van der Waals surface area contributed by atoms with E-state index in [4.69, 9.17) is 6.58 Å². The van der Waals surface area contributed by atoms with Gasteiger partial charge in [-0.1, -0.05) is 139 Å². The molecule has 0 nitrogen and oxygen atoms in total. The Morgan fingerprint density at radius 2 is 1.57 bits per heavy atom. The monoisotopic (exact) mass is 584 g/mol. The second kappa shape index (κ2) is 19.2. The first-order valence-corrected chi connectivity index (χ1v) is 16.2. The number of aryl methyl sites for hydroxylation is 1. The predicted octanol–water partition coefficient (Wildman–Crippen LogP) is 13.0. The van der Waals surface area contributed by atoms with Gasteiger partial charge < -0.3 is 0 Å². The van der Waals surface area contributed by atoms with Crippen molar-refractivity contribution < 1.29 is 0 Å². The van der Waals surface area contributed by atoms with Gasteiger partial charge in [-0.15, -0.1) is 26.0 Å². The Kier molecular flexibility index (Phi) is 16.6. The minimum atomic E-state index is -0.0636. The molecule has 2 aromatic carbocycles. The third kappa shape index (κ3) is 8.51. The summed E-state index contributed by atoms with van der Waals surface area (Å²) in [4.78, 5) is 0. The van der Waals surface area contributed by atoms with Crippen molar-refractivity contribution in [1.29, 1.82) is 0 Å². The van der Waals surface area contributed by atoms with Crippen molar-refractivity contribution in [2.45, 2.75) is 73.6 Å². The normalized spacial score (nSPS) is 18.7. The average molecular weight is 585 g/mol. The van der Waals surface area contributed by atoms with Crippen LogP contribution in [0.4, 0.5) is 0 Å². The topological polar surface area (TPSA) is 0 Å². The zero-order valence-electron chi connectivity index (χ0n) is 28.5. The summed E-state index contributed by atoms with van der Waals surface area (Å²) in [5, 5.41) is 0. The largest absolute Gasteiger partial charge is 0.124 e. The molecule has 0 fully saturated rings. The van der Waals surface area contributed by atoms with Gasteiger partial charge in [0.05, 0.1) is 0 Å². The lowest BCUT2D eigenvalue weighted by Crippen LogP contribution is -2.30. The van der Waals surface area contributed by atoms with Gasteiger partial charge in [0.15, 0.2) is 0 Å². The maximum atomic E-state index is 4.72. The summed E-state index contributed by atoms with van der Waals surface area (Å²) in [6, 6.07) is 15.6. The van der Waals surface area contributed by atoms with Gasteiger partial charge in [-0.05, 0) is 95.5 Å². The van der Waals surface area contributed by atoms with E-state index in [2.05, 4.69) is 140 Å². The third-order valence-corrected chi connectivity index (χ3v) is 8.78. The van der Waals surface area contributed by atoms with Crippen LogP contribution >= 0.6 is 0 Å². The van der Waals surface area contributed by atoms with Crippen LogP contribution in [-0.4, -0.2) is 0 Å². The van der Waals surface area contributed by atoms with Gasteiger partial charge in [-0.2, -0.15) is 0 Å². The lowest BCUT2D eigenvalue weighted by Gasteiger charge is -2.43. The SMILES string of the molecule is C#C.C=C.C=Cc1ccc(CCCC(=C)/C2=C/c3ccc(C=C)c(c3)C3=CC(/C=C\C)C(C)C=C3C2(CC)CC)cc1.CC. The van der Waals surface area contributed by atoms with Crippen molar-refractivity contribution in [2.24, 2.45) is 17.3 Å². The van der Waals surface area contributed by atoms with Crippen LogP contribution in [0.5, 0.6) is 0 Å². The predicted molar refractivity (Wildman–Crippen MR) is 202 cm³/mol. The first kappa shape index (κ1) is 37.9. The number of rotatable bonds is 10. The maximum Gasteiger partial charge on any atom is 0.0203 e. The molecule has 0 aromatic heterocycles. The van der Waals surface area contributed by atoms with E-state index in [1.54, 1.807) is 0 Å². The van der Waals surface area contributed by atoms with Gasteiger partial charge in [0.2, 0.25) is 0 Å². The van der Waals surface area contributed by atoms with E-state index in [1.165, 1.54) is 50.1 Å². The lowest BCUT2D eigenvalue weighted by atomic mass is 9.60. The number of benzene rings is 2. The molecule has 2 bridgehead atoms. The van der Waals surface area contributed by atoms with Gasteiger partial charge in [-0.25, -0.2) is 0 Å². The molecular weight excluding hydrogens is 528 g/mol. The highest BCUT2D eigenvalue weighted by atomic mass is 14.4. The Morgan fingerprint density at radius 1 is 0.932 bits per heavy atom. The van der Waals surface area contributed by atoms with Gasteiger partial charge in [0, 0.05) is 11.3 Å². The summed E-state index contributed by atoms with van der Waals surface area (Å²) in [7, 11) is 0. The molecule has 0 heterocycles. The smallest absolute Gasteiger partial charge is 0.0203 e. The second-order valence-corrected chi connectivity index (χ2v) is 10.9. The van der Waals surface area contributed by atoms with Gasteiger partial charge in [-0.3, -0.25) is 0 Å². The van der Waals surface area contributed by atoms with E-state index >= 15 is 0 Å². The maximum absolute atomic E-state index is 4.72. The number of hydrogen-bond acceptors (Lipinski definition) is 0. The first-order chi connectivity index (χ1) is 21.4. The summed E-state index contributed by atoms with van der Waals surface area (Å²) < 4.78 is 0. The van der Waals surface area contributed by atoms with Gasteiger partial charge in [0.25, 0.3) is 0 Å². The standard InChI is InChI=1S/C38H44.C2H6.C2H4.C2H2/c1-8-14-33-26-35-34-24-31(21-22-32(34)10-3)25-36(38(11-4,12-5)37(35)23-28(33)7)27(6)15-13-16-30-19-17-29(9-2)18-20-30;3*1-2/h8-10,14,17-26,28,33H,2-3,6,11-13,15-16H2,1,4-5,7H3;1-2H3;1-2H2;1-2H/b14-8-,36-25-;;;. The van der Waals surface area contributed by atoms with E-state index < -0.39 is 0 Å². The fourth-order valence-corrected chi connectivity index (χ4v) is 6.44. The molecule has 0 heteroatoms. The molecule has 0 radical (unpaired) electrons. The molecule has 2 atom stereocenters. The van der Waals surface area contributed by atoms with Gasteiger partial charge in [0.1, 0.15) is 0 Å². The van der Waals surface area contributed by atoms with E-state index in [0.717, 1.165) is 32.1 Å². The average Bonchev–Trinajstić information content (AvgIpc) is 3.08. The Labute approximate surface area is 271 Å². The van der Waals surface area contributed by atoms with Crippen LogP contribution in [0.25, 0.3) is 23.8 Å². The van der Waals surface area contributed by atoms with Crippen molar-refractivity contribution >= 4 is 23.8 Å². The lowest BCUT2D eigenvalue weighted by molar-refractivity contribution is 0.404. The van der Waals surface area contributed by atoms with Crippen LogP contribution in [0, 0.1) is 30.1 Å². The van der Waals surface area contributed by atoms with E-state index in [0.29, 0.717) is 11.8 Å². The third-order valence-electron chi connectivity index (χ3n) is 8.78. The van der Waals surface area contributed by atoms with E-state index in [-0.39, 0.29) is 5.41 Å². The molecule has 2 aliphatic rings. The summed E-state index contributed by atoms with van der Waals surface area (Å²) in [6.07, 6.45) is 29.2. The molecule has 0 saturated heterocycles. The van der Waals surface area contributed by atoms with Crippen molar-refractivity contribution in [3.63, 3.8) is 0 Å². The summed E-state index contributed by atoms with van der Waals surface area (Å²) in [5.41, 5.74) is 11.8.